The Hall–Kier alpha value is -2.17. The molecule has 3 aromatic rings. The number of hydrogen-bond donors (Lipinski definition) is 2. The Balaban J connectivity index is 1.64. The van der Waals surface area contributed by atoms with Crippen molar-refractivity contribution < 1.29 is 5.11 Å². The minimum atomic E-state index is -0.343. The highest BCUT2D eigenvalue weighted by Crippen LogP contribution is 2.36. The van der Waals surface area contributed by atoms with E-state index in [1.807, 2.05) is 18.3 Å². The van der Waals surface area contributed by atoms with Crippen molar-refractivity contribution in [3.63, 3.8) is 0 Å². The second-order valence-electron chi connectivity index (χ2n) is 6.44. The van der Waals surface area contributed by atoms with E-state index in [0.717, 1.165) is 24.2 Å². The predicted molar refractivity (Wildman–Crippen MR) is 90.3 cm³/mol. The molecule has 4 rings (SSSR count). The molecule has 0 saturated heterocycles. The van der Waals surface area contributed by atoms with E-state index < -0.39 is 0 Å². The first-order valence-corrected chi connectivity index (χ1v) is 8.09. The van der Waals surface area contributed by atoms with E-state index in [2.05, 4.69) is 52.1 Å². The topological polar surface area (TPSA) is 49.6 Å². The fourth-order valence-corrected chi connectivity index (χ4v) is 3.62. The molecule has 1 aromatic carbocycles. The summed E-state index contributed by atoms with van der Waals surface area (Å²) < 4.78 is 2.12. The number of imidazole rings is 1. The molecule has 2 aromatic heterocycles. The van der Waals surface area contributed by atoms with Crippen molar-refractivity contribution in [1.82, 2.24) is 14.7 Å². The van der Waals surface area contributed by atoms with Gasteiger partial charge in [-0.3, -0.25) is 5.32 Å². The van der Waals surface area contributed by atoms with Crippen molar-refractivity contribution in [1.29, 1.82) is 0 Å². The Morgan fingerprint density at radius 3 is 3.00 bits per heavy atom. The van der Waals surface area contributed by atoms with Gasteiger partial charge in [0.05, 0.1) is 24.0 Å². The quantitative estimate of drug-likeness (QED) is 0.779. The molecule has 1 aliphatic rings. The average molecular weight is 307 g/mol. The molecule has 1 unspecified atom stereocenters. The second kappa shape index (κ2) is 5.48. The number of fused-ring (bicyclic) bond motifs is 2. The lowest BCUT2D eigenvalue weighted by Gasteiger charge is -2.29. The van der Waals surface area contributed by atoms with Crippen LogP contribution in [0.3, 0.4) is 0 Å². The van der Waals surface area contributed by atoms with Gasteiger partial charge in [0.2, 0.25) is 0 Å². The highest BCUT2D eigenvalue weighted by Gasteiger charge is 2.37. The van der Waals surface area contributed by atoms with Gasteiger partial charge in [0.15, 0.2) is 0 Å². The molecule has 0 fully saturated rings. The zero-order valence-corrected chi connectivity index (χ0v) is 13.3. The molecule has 2 heterocycles. The van der Waals surface area contributed by atoms with E-state index in [-0.39, 0.29) is 12.1 Å². The van der Waals surface area contributed by atoms with Crippen LogP contribution >= 0.6 is 0 Å². The Morgan fingerprint density at radius 2 is 2.13 bits per heavy atom. The standard InChI is InChI=1S/C19H21N3O/c1-14-6-7-18-20-10-16(22(18)12-14)11-21-19(13-23)9-8-15-4-2-3-5-17(15)19/h2-7,10,12,21,23H,8-9,11,13H2,1H3. The number of aryl methyl sites for hydroxylation is 2. The molecule has 0 bridgehead atoms. The molecular weight excluding hydrogens is 286 g/mol. The Kier molecular flexibility index (Phi) is 3.43. The number of nitrogens with one attached hydrogen (secondary N) is 1. The van der Waals surface area contributed by atoms with E-state index >= 15 is 0 Å². The number of rotatable bonds is 4. The maximum Gasteiger partial charge on any atom is 0.136 e. The first-order chi connectivity index (χ1) is 11.2. The second-order valence-corrected chi connectivity index (χ2v) is 6.44. The molecule has 4 nitrogen and oxygen atoms in total. The summed E-state index contributed by atoms with van der Waals surface area (Å²) in [7, 11) is 0. The lowest BCUT2D eigenvalue weighted by atomic mass is 9.92. The third-order valence-electron chi connectivity index (χ3n) is 4.96. The van der Waals surface area contributed by atoms with Crippen molar-refractivity contribution in [2.75, 3.05) is 6.61 Å². The smallest absolute Gasteiger partial charge is 0.136 e. The lowest BCUT2D eigenvalue weighted by molar-refractivity contribution is 0.158. The van der Waals surface area contributed by atoms with Gasteiger partial charge in [-0.15, -0.1) is 0 Å². The van der Waals surface area contributed by atoms with Gasteiger partial charge in [-0.1, -0.05) is 30.3 Å². The van der Waals surface area contributed by atoms with Crippen LogP contribution in [0.25, 0.3) is 5.65 Å². The molecule has 0 aliphatic heterocycles. The number of aliphatic hydroxyl groups is 1. The molecule has 4 heteroatoms. The van der Waals surface area contributed by atoms with Gasteiger partial charge in [0.25, 0.3) is 0 Å². The molecule has 118 valence electrons. The van der Waals surface area contributed by atoms with E-state index in [4.69, 9.17) is 0 Å². The number of aliphatic hydroxyl groups excluding tert-OH is 1. The van der Waals surface area contributed by atoms with Gasteiger partial charge < -0.3 is 9.51 Å². The van der Waals surface area contributed by atoms with Gasteiger partial charge in [0, 0.05) is 12.7 Å². The summed E-state index contributed by atoms with van der Waals surface area (Å²) in [6.07, 6.45) is 5.95. The average Bonchev–Trinajstić information content (AvgIpc) is 3.15. The van der Waals surface area contributed by atoms with E-state index in [1.165, 1.54) is 16.7 Å². The van der Waals surface area contributed by atoms with Crippen LogP contribution in [0.4, 0.5) is 0 Å². The Morgan fingerprint density at radius 1 is 1.26 bits per heavy atom. The largest absolute Gasteiger partial charge is 0.394 e. The number of hydrogen-bond acceptors (Lipinski definition) is 3. The zero-order valence-electron chi connectivity index (χ0n) is 13.3. The molecule has 0 amide bonds. The van der Waals surface area contributed by atoms with Crippen LogP contribution in [0.15, 0.2) is 48.8 Å². The summed E-state index contributed by atoms with van der Waals surface area (Å²) in [4.78, 5) is 4.46. The maximum absolute atomic E-state index is 10.1. The Labute approximate surface area is 135 Å². The molecule has 0 spiro atoms. The highest BCUT2D eigenvalue weighted by molar-refractivity contribution is 5.42. The van der Waals surface area contributed by atoms with E-state index in [9.17, 15) is 5.11 Å². The lowest BCUT2D eigenvalue weighted by Crippen LogP contribution is -2.43. The van der Waals surface area contributed by atoms with Gasteiger partial charge in [-0.25, -0.2) is 4.98 Å². The van der Waals surface area contributed by atoms with Crippen LogP contribution < -0.4 is 5.32 Å². The molecule has 0 radical (unpaired) electrons. The summed E-state index contributed by atoms with van der Waals surface area (Å²) in [6.45, 7) is 2.87. The van der Waals surface area contributed by atoms with Gasteiger partial charge in [0.1, 0.15) is 5.65 Å². The first kappa shape index (κ1) is 14.4. The van der Waals surface area contributed by atoms with Gasteiger partial charge in [-0.2, -0.15) is 0 Å². The summed E-state index contributed by atoms with van der Waals surface area (Å²) in [5.74, 6) is 0. The van der Waals surface area contributed by atoms with Crippen LogP contribution in [0, 0.1) is 6.92 Å². The van der Waals surface area contributed by atoms with Crippen molar-refractivity contribution >= 4 is 5.65 Å². The maximum atomic E-state index is 10.1. The van der Waals surface area contributed by atoms with E-state index in [1.54, 1.807) is 0 Å². The fourth-order valence-electron chi connectivity index (χ4n) is 3.62. The molecule has 1 atom stereocenters. The third kappa shape index (κ3) is 2.35. The van der Waals surface area contributed by atoms with Crippen molar-refractivity contribution in [3.8, 4) is 0 Å². The Bertz CT molecular complexity index is 855. The van der Waals surface area contributed by atoms with Gasteiger partial charge >= 0.3 is 0 Å². The number of nitrogens with zero attached hydrogens (tertiary/aromatic N) is 2. The summed E-state index contributed by atoms with van der Waals surface area (Å²) in [6, 6.07) is 12.5. The van der Waals surface area contributed by atoms with Crippen LogP contribution in [0.1, 0.15) is 28.8 Å². The molecule has 23 heavy (non-hydrogen) atoms. The van der Waals surface area contributed by atoms with Crippen LogP contribution in [0.5, 0.6) is 0 Å². The minimum absolute atomic E-state index is 0.111. The molecular formula is C19H21N3O. The zero-order chi connectivity index (χ0) is 15.9. The summed E-state index contributed by atoms with van der Waals surface area (Å²) in [5, 5.41) is 13.7. The highest BCUT2D eigenvalue weighted by atomic mass is 16.3. The van der Waals surface area contributed by atoms with Crippen LogP contribution in [-0.2, 0) is 18.5 Å². The van der Waals surface area contributed by atoms with Crippen molar-refractivity contribution in [2.24, 2.45) is 0 Å². The minimum Gasteiger partial charge on any atom is -0.394 e. The summed E-state index contributed by atoms with van der Waals surface area (Å²) >= 11 is 0. The molecule has 2 N–H and O–H groups in total. The molecule has 1 aliphatic carbocycles. The van der Waals surface area contributed by atoms with E-state index in [0.29, 0.717) is 6.54 Å². The number of pyridine rings is 1. The van der Waals surface area contributed by atoms with Crippen LogP contribution in [0.2, 0.25) is 0 Å². The van der Waals surface area contributed by atoms with Crippen molar-refractivity contribution in [3.05, 3.63) is 71.2 Å². The summed E-state index contributed by atoms with van der Waals surface area (Å²) in [5.41, 5.74) is 5.50. The first-order valence-electron chi connectivity index (χ1n) is 8.09. The van der Waals surface area contributed by atoms with Crippen LogP contribution in [-0.4, -0.2) is 21.1 Å². The SMILES string of the molecule is Cc1ccc2ncc(CNC3(CO)CCc4ccccc43)n2c1. The van der Waals surface area contributed by atoms with Gasteiger partial charge in [-0.05, 0) is 42.5 Å². The third-order valence-corrected chi connectivity index (χ3v) is 4.96. The number of aromatic nitrogens is 2. The normalized spacial score (nSPS) is 20.1. The monoisotopic (exact) mass is 307 g/mol. The number of benzene rings is 1. The predicted octanol–water partition coefficient (Wildman–Crippen LogP) is 2.57. The van der Waals surface area contributed by atoms with Crippen molar-refractivity contribution in [2.45, 2.75) is 31.8 Å². The molecule has 0 saturated carbocycles. The fraction of sp³-hybridized carbons (Fsp3) is 0.316.